The van der Waals surface area contributed by atoms with Gasteiger partial charge in [-0.2, -0.15) is 0 Å². The lowest BCUT2D eigenvalue weighted by atomic mass is 9.97. The van der Waals surface area contributed by atoms with Crippen LogP contribution in [-0.2, 0) is 17.9 Å². The van der Waals surface area contributed by atoms with Crippen molar-refractivity contribution in [2.45, 2.75) is 39.8 Å². The fourth-order valence-corrected chi connectivity index (χ4v) is 4.16. The lowest BCUT2D eigenvalue weighted by Gasteiger charge is -2.33. The van der Waals surface area contributed by atoms with E-state index in [0.717, 1.165) is 48.5 Å². The fourth-order valence-electron chi connectivity index (χ4n) is 4.16. The second kappa shape index (κ2) is 8.86. The first kappa shape index (κ1) is 20.4. The summed E-state index contributed by atoms with van der Waals surface area (Å²) in [6, 6.07) is 14.5. The van der Waals surface area contributed by atoms with Crippen LogP contribution in [-0.4, -0.2) is 28.5 Å². The van der Waals surface area contributed by atoms with E-state index in [1.807, 2.05) is 18.2 Å². The van der Waals surface area contributed by atoms with Crippen LogP contribution in [0.4, 0.5) is 10.3 Å². The molecule has 0 unspecified atom stereocenters. The summed E-state index contributed by atoms with van der Waals surface area (Å²) in [5.41, 5.74) is 3.04. The normalized spacial score (nSPS) is 16.9. The second-order valence-electron chi connectivity index (χ2n) is 8.53. The molecule has 0 aliphatic carbocycles. The van der Waals surface area contributed by atoms with Crippen LogP contribution < -0.4 is 10.2 Å². The summed E-state index contributed by atoms with van der Waals surface area (Å²) in [4.78, 5) is 20.0. The van der Waals surface area contributed by atoms with Crippen molar-refractivity contribution in [3.05, 3.63) is 59.9 Å². The van der Waals surface area contributed by atoms with Gasteiger partial charge in [0.15, 0.2) is 0 Å². The number of amides is 1. The first-order chi connectivity index (χ1) is 14.5. The number of halogens is 1. The molecule has 0 radical (unpaired) electrons. The minimum Gasteiger partial charge on any atom is -0.352 e. The molecule has 0 bridgehead atoms. The number of hydrogen-bond donors (Lipinski definition) is 1. The number of carbonyl (C=O) groups is 1. The van der Waals surface area contributed by atoms with Gasteiger partial charge < -0.3 is 14.8 Å². The van der Waals surface area contributed by atoms with Crippen molar-refractivity contribution < 1.29 is 9.18 Å². The van der Waals surface area contributed by atoms with Gasteiger partial charge in [0.25, 0.3) is 0 Å². The predicted octanol–water partition coefficient (Wildman–Crippen LogP) is 4.36. The molecule has 3 aromatic rings. The van der Waals surface area contributed by atoms with E-state index in [1.54, 1.807) is 12.1 Å². The largest absolute Gasteiger partial charge is 0.352 e. The van der Waals surface area contributed by atoms with E-state index in [-0.39, 0.29) is 17.6 Å². The Hall–Kier alpha value is -2.89. The third-order valence-electron chi connectivity index (χ3n) is 5.64. The summed E-state index contributed by atoms with van der Waals surface area (Å²) < 4.78 is 15.4. The highest BCUT2D eigenvalue weighted by atomic mass is 19.1. The summed E-state index contributed by atoms with van der Waals surface area (Å²) in [7, 11) is 0. The number of benzene rings is 2. The molecule has 1 atom stereocenters. The number of imidazole rings is 1. The number of carbonyl (C=O) groups excluding carboxylic acids is 1. The average Bonchev–Trinajstić information content (AvgIpc) is 3.11. The van der Waals surface area contributed by atoms with E-state index in [4.69, 9.17) is 4.98 Å². The van der Waals surface area contributed by atoms with Crippen LogP contribution in [0.1, 0.15) is 32.3 Å². The summed E-state index contributed by atoms with van der Waals surface area (Å²) in [6.07, 6.45) is 1.83. The molecular weight excluding hydrogens is 379 g/mol. The van der Waals surface area contributed by atoms with E-state index in [9.17, 15) is 9.18 Å². The van der Waals surface area contributed by atoms with Gasteiger partial charge >= 0.3 is 0 Å². The predicted molar refractivity (Wildman–Crippen MR) is 118 cm³/mol. The van der Waals surface area contributed by atoms with Crippen molar-refractivity contribution in [1.82, 2.24) is 14.9 Å². The number of piperidine rings is 1. The van der Waals surface area contributed by atoms with Gasteiger partial charge in [-0.15, -0.1) is 0 Å². The van der Waals surface area contributed by atoms with Crippen molar-refractivity contribution in [3.63, 3.8) is 0 Å². The molecule has 0 saturated carbocycles. The van der Waals surface area contributed by atoms with Gasteiger partial charge in [-0.1, -0.05) is 38.1 Å². The third kappa shape index (κ3) is 4.48. The maximum atomic E-state index is 13.1. The molecular formula is C24H29FN4O. The molecule has 0 spiro atoms. The zero-order valence-corrected chi connectivity index (χ0v) is 17.6. The SMILES string of the molecule is CC(C)Cn1c(N2CCC[C@@H](C(=O)NCc3ccc(F)cc3)C2)nc2ccccc21. The van der Waals surface area contributed by atoms with Gasteiger partial charge in [0, 0.05) is 26.2 Å². The van der Waals surface area contributed by atoms with Gasteiger partial charge in [-0.25, -0.2) is 9.37 Å². The molecule has 1 aliphatic rings. The molecule has 1 fully saturated rings. The highest BCUT2D eigenvalue weighted by Gasteiger charge is 2.28. The highest BCUT2D eigenvalue weighted by molar-refractivity contribution is 5.81. The van der Waals surface area contributed by atoms with Crippen LogP contribution in [0.15, 0.2) is 48.5 Å². The first-order valence-electron chi connectivity index (χ1n) is 10.7. The Morgan fingerprint density at radius 3 is 2.73 bits per heavy atom. The van der Waals surface area contributed by atoms with Gasteiger partial charge in [0.2, 0.25) is 11.9 Å². The average molecular weight is 409 g/mol. The number of nitrogens with one attached hydrogen (secondary N) is 1. The number of anilines is 1. The Kier molecular flexibility index (Phi) is 6.02. The monoisotopic (exact) mass is 408 g/mol. The van der Waals surface area contributed by atoms with Crippen LogP contribution in [0.3, 0.4) is 0 Å². The molecule has 6 heteroatoms. The second-order valence-corrected chi connectivity index (χ2v) is 8.53. The molecule has 1 saturated heterocycles. The van der Waals surface area contributed by atoms with E-state index >= 15 is 0 Å². The number of aromatic nitrogens is 2. The van der Waals surface area contributed by atoms with Crippen molar-refractivity contribution >= 4 is 22.9 Å². The van der Waals surface area contributed by atoms with Crippen molar-refractivity contribution in [2.75, 3.05) is 18.0 Å². The van der Waals surface area contributed by atoms with Gasteiger partial charge in [0.05, 0.1) is 17.0 Å². The van der Waals surface area contributed by atoms with Crippen LogP contribution in [0.25, 0.3) is 11.0 Å². The first-order valence-corrected chi connectivity index (χ1v) is 10.7. The molecule has 4 rings (SSSR count). The lowest BCUT2D eigenvalue weighted by molar-refractivity contribution is -0.125. The topological polar surface area (TPSA) is 50.2 Å². The Morgan fingerprint density at radius 1 is 1.20 bits per heavy atom. The van der Waals surface area contributed by atoms with Crippen LogP contribution >= 0.6 is 0 Å². The van der Waals surface area contributed by atoms with E-state index < -0.39 is 0 Å². The quantitative estimate of drug-likeness (QED) is 0.659. The summed E-state index contributed by atoms with van der Waals surface area (Å²) in [5.74, 6) is 1.17. The van der Waals surface area contributed by atoms with Crippen molar-refractivity contribution in [1.29, 1.82) is 0 Å². The highest BCUT2D eigenvalue weighted by Crippen LogP contribution is 2.28. The Balaban J connectivity index is 1.48. The summed E-state index contributed by atoms with van der Waals surface area (Å²) >= 11 is 0. The molecule has 2 aromatic carbocycles. The zero-order valence-electron chi connectivity index (χ0n) is 17.6. The van der Waals surface area contributed by atoms with Gasteiger partial charge in [0.1, 0.15) is 5.82 Å². The molecule has 1 amide bonds. The standard InChI is InChI=1S/C24H29FN4O/c1-17(2)15-29-22-8-4-3-7-21(22)27-24(29)28-13-5-6-19(16-28)23(30)26-14-18-9-11-20(25)12-10-18/h3-4,7-12,17,19H,5-6,13-16H2,1-2H3,(H,26,30)/t19-/m1/s1. The number of hydrogen-bond acceptors (Lipinski definition) is 3. The smallest absolute Gasteiger partial charge is 0.225 e. The van der Waals surface area contributed by atoms with Crippen LogP contribution in [0.5, 0.6) is 0 Å². The molecule has 1 aromatic heterocycles. The third-order valence-corrected chi connectivity index (χ3v) is 5.64. The molecule has 1 N–H and O–H groups in total. The summed E-state index contributed by atoms with van der Waals surface area (Å²) in [6.45, 7) is 7.30. The Bertz CT molecular complexity index is 1010. The lowest BCUT2D eigenvalue weighted by Crippen LogP contribution is -2.44. The molecule has 30 heavy (non-hydrogen) atoms. The maximum Gasteiger partial charge on any atom is 0.225 e. The fraction of sp³-hybridized carbons (Fsp3) is 0.417. The Labute approximate surface area is 176 Å². The van der Waals surface area contributed by atoms with E-state index in [2.05, 4.69) is 34.7 Å². The van der Waals surface area contributed by atoms with Crippen LogP contribution in [0, 0.1) is 17.7 Å². The van der Waals surface area contributed by atoms with Crippen LogP contribution in [0.2, 0.25) is 0 Å². The van der Waals surface area contributed by atoms with E-state index in [1.165, 1.54) is 12.1 Å². The molecule has 158 valence electrons. The van der Waals surface area contributed by atoms with E-state index in [0.29, 0.717) is 19.0 Å². The minimum atomic E-state index is -0.266. The van der Waals surface area contributed by atoms with Gasteiger partial charge in [-0.05, 0) is 48.6 Å². The summed E-state index contributed by atoms with van der Waals surface area (Å²) in [5, 5.41) is 3.02. The molecule has 5 nitrogen and oxygen atoms in total. The molecule has 2 heterocycles. The minimum absolute atomic E-state index is 0.0514. The number of fused-ring (bicyclic) bond motifs is 1. The van der Waals surface area contributed by atoms with Crippen molar-refractivity contribution in [3.8, 4) is 0 Å². The molecule has 1 aliphatic heterocycles. The maximum absolute atomic E-state index is 13.1. The number of nitrogens with zero attached hydrogens (tertiary/aromatic N) is 3. The Morgan fingerprint density at radius 2 is 1.97 bits per heavy atom. The zero-order chi connectivity index (χ0) is 21.1. The van der Waals surface area contributed by atoms with Crippen molar-refractivity contribution in [2.24, 2.45) is 11.8 Å². The number of rotatable bonds is 6. The number of para-hydroxylation sites is 2. The van der Waals surface area contributed by atoms with Gasteiger partial charge in [-0.3, -0.25) is 4.79 Å².